The third kappa shape index (κ3) is 19.2. The summed E-state index contributed by atoms with van der Waals surface area (Å²) in [6.07, 6.45) is 25.7. The molecule has 7 nitrogen and oxygen atoms in total. The van der Waals surface area contributed by atoms with E-state index in [1.807, 2.05) is 0 Å². The molecule has 11 atom stereocenters. The van der Waals surface area contributed by atoms with Crippen molar-refractivity contribution in [2.75, 3.05) is 39.3 Å². The Morgan fingerprint density at radius 2 is 0.814 bits per heavy atom. The van der Waals surface area contributed by atoms with Gasteiger partial charge in [-0.2, -0.15) is 41.9 Å². The van der Waals surface area contributed by atoms with E-state index in [0.717, 1.165) is 82.2 Å². The second-order valence-electron chi connectivity index (χ2n) is 29.2. The van der Waals surface area contributed by atoms with Gasteiger partial charge in [-0.15, -0.1) is 45.3 Å². The maximum atomic E-state index is 6.81. The van der Waals surface area contributed by atoms with E-state index in [1.54, 1.807) is 0 Å². The van der Waals surface area contributed by atoms with Gasteiger partial charge in [0, 0.05) is 21.1 Å². The summed E-state index contributed by atoms with van der Waals surface area (Å²) in [6, 6.07) is 2.63. The molecule has 6 saturated heterocycles. The molecule has 0 radical (unpaired) electrons. The molecule has 11 unspecified atom stereocenters. The molecule has 0 aromatic rings. The number of allylic oxidation sites excluding steroid dienone is 2. The van der Waals surface area contributed by atoms with Crippen molar-refractivity contribution in [2.24, 2.45) is 68.0 Å². The summed E-state index contributed by atoms with van der Waals surface area (Å²) in [5.41, 5.74) is 4.54. The quantitative estimate of drug-likeness (QED) is 0.198. The molecule has 7 heterocycles. The molecule has 0 spiro atoms. The average molecular weight is 1330 g/mol. The first-order chi connectivity index (χ1) is 31.4. The van der Waals surface area contributed by atoms with Gasteiger partial charge in [-0.1, -0.05) is 214 Å². The Balaban J connectivity index is 0.000000311. The van der Waals surface area contributed by atoms with Gasteiger partial charge in [0.25, 0.3) is 0 Å². The Morgan fingerprint density at radius 3 is 1.16 bits per heavy atom. The summed E-state index contributed by atoms with van der Waals surface area (Å²) in [5.74, 6) is 6.58. The predicted octanol–water partition coefficient (Wildman–Crippen LogP) is 17.3. The van der Waals surface area contributed by atoms with Crippen LogP contribution in [0.2, 0.25) is 0 Å². The van der Waals surface area contributed by atoms with Gasteiger partial charge in [0.15, 0.2) is 0 Å². The van der Waals surface area contributed by atoms with Gasteiger partial charge in [0.05, 0.1) is 0 Å². The molecule has 6 fully saturated rings. The largest absolute Gasteiger partial charge is 2.00 e. The second-order valence-corrected chi connectivity index (χ2v) is 29.2. The SMILES string of the molecule is CC(C)(C)C1=CC[N-]C(C2CC(C(C)(C)C)CC(C3CC(C(C)(C)C)CC[N-]3)[N-]2)=C1.CC(C)(C)C1CC[N-]C(C2CC(C(C)(C)C)CC(C3CC(C(C)(C)C)CC[N-]3)[N-]2)C1.[C-]#CC1CC[N-]CC1.[Pt+2].[Pt]. The molecule has 70 heavy (non-hydrogen) atoms. The summed E-state index contributed by atoms with van der Waals surface area (Å²) >= 11 is 0. The van der Waals surface area contributed by atoms with E-state index < -0.39 is 0 Å². The molecule has 0 aromatic carbocycles. The van der Waals surface area contributed by atoms with E-state index in [0.29, 0.717) is 75.2 Å². The Labute approximate surface area is 463 Å². The minimum atomic E-state index is 0. The van der Waals surface area contributed by atoms with Crippen molar-refractivity contribution >= 4 is 0 Å². The number of hydrogen-bond donors (Lipinski definition) is 0. The van der Waals surface area contributed by atoms with Crippen LogP contribution in [0.25, 0.3) is 37.2 Å². The van der Waals surface area contributed by atoms with Crippen molar-refractivity contribution in [3.8, 4) is 5.92 Å². The summed E-state index contributed by atoms with van der Waals surface area (Å²) in [5, 5.41) is 35.5. The van der Waals surface area contributed by atoms with Crippen molar-refractivity contribution in [1.29, 1.82) is 0 Å². The summed E-state index contributed by atoms with van der Waals surface area (Å²) in [4.78, 5) is 0. The van der Waals surface area contributed by atoms with Crippen LogP contribution < -0.4 is 0 Å². The molecule has 0 aliphatic carbocycles. The minimum absolute atomic E-state index is 0. The van der Waals surface area contributed by atoms with Crippen molar-refractivity contribution in [3.05, 3.63) is 67.1 Å². The van der Waals surface area contributed by atoms with Crippen molar-refractivity contribution < 1.29 is 42.1 Å². The van der Waals surface area contributed by atoms with Crippen LogP contribution in [0.3, 0.4) is 0 Å². The van der Waals surface area contributed by atoms with Gasteiger partial charge in [-0.3, -0.25) is 0 Å². The van der Waals surface area contributed by atoms with Crippen LogP contribution in [0.5, 0.6) is 0 Å². The number of piperidine rings is 6. The Bertz CT molecular complexity index is 1610. The first-order valence-corrected chi connectivity index (χ1v) is 28.0. The fourth-order valence-electron chi connectivity index (χ4n) is 12.4. The predicted molar refractivity (Wildman–Crippen MR) is 296 cm³/mol. The first kappa shape index (κ1) is 64.3. The normalized spacial score (nSPS) is 34.2. The van der Waals surface area contributed by atoms with Crippen LogP contribution >= 0.6 is 0 Å². The number of nitrogens with zero attached hydrogens (tertiary/aromatic N) is 7. The molecular formula is C61H105N7Pt2-6. The van der Waals surface area contributed by atoms with E-state index in [-0.39, 0.29) is 53.6 Å². The molecule has 7 rings (SSSR count). The third-order valence-electron chi connectivity index (χ3n) is 18.0. The van der Waals surface area contributed by atoms with Gasteiger partial charge < -0.3 is 49.6 Å². The zero-order valence-electron chi connectivity index (χ0n) is 48.2. The van der Waals surface area contributed by atoms with Crippen LogP contribution in [0, 0.1) is 80.3 Å². The van der Waals surface area contributed by atoms with Crippen LogP contribution in [0.4, 0.5) is 0 Å². The summed E-state index contributed by atoms with van der Waals surface area (Å²) < 4.78 is 0. The zero-order chi connectivity index (χ0) is 50.5. The molecule has 0 N–H and O–H groups in total. The fraction of sp³-hybridized carbons (Fsp3) is 0.902. The fourth-order valence-corrected chi connectivity index (χ4v) is 12.4. The van der Waals surface area contributed by atoms with Crippen LogP contribution in [-0.2, 0) is 42.1 Å². The van der Waals surface area contributed by atoms with Crippen molar-refractivity contribution in [1.82, 2.24) is 0 Å². The Kier molecular flexibility index (Phi) is 24.6. The van der Waals surface area contributed by atoms with Gasteiger partial charge in [0.1, 0.15) is 0 Å². The van der Waals surface area contributed by atoms with E-state index in [9.17, 15) is 0 Å². The number of hydrogen-bond acceptors (Lipinski definition) is 0. The summed E-state index contributed by atoms with van der Waals surface area (Å²) in [7, 11) is 0. The molecule has 410 valence electrons. The van der Waals surface area contributed by atoms with Gasteiger partial charge in [0.2, 0.25) is 0 Å². The minimum Gasteiger partial charge on any atom is -0.693 e. The first-order valence-electron chi connectivity index (χ1n) is 28.0. The van der Waals surface area contributed by atoms with Crippen molar-refractivity contribution in [3.63, 3.8) is 0 Å². The standard InChI is InChI=1S/C27H50N3.C27H46N3.C7H9N.2Pt/c2*1-25(2,3)18-10-12-28-21(14-18)23-16-20(27(7,8)9)17-24(30-23)22-15-19(11-13-29-22)26(4,5)6;1-2-7-3-5-8-6-4-7;;/h18-24H,10-17H2,1-9H3;10,14,19-20,22-24H,11-13,15-17H2,1-9H3;7H,3-6H2;;/q2*-3;-2;;+2. The van der Waals surface area contributed by atoms with E-state index >= 15 is 0 Å². The molecule has 9 heteroatoms. The van der Waals surface area contributed by atoms with Gasteiger partial charge in [-0.25, -0.2) is 0 Å². The third-order valence-corrected chi connectivity index (χ3v) is 18.0. The molecule has 0 aromatic heterocycles. The van der Waals surface area contributed by atoms with E-state index in [4.69, 9.17) is 38.3 Å². The molecule has 0 saturated carbocycles. The number of rotatable bonds is 4. The molecule has 7 aliphatic heterocycles. The van der Waals surface area contributed by atoms with Crippen LogP contribution in [-0.4, -0.2) is 81.6 Å². The van der Waals surface area contributed by atoms with Crippen LogP contribution in [0.1, 0.15) is 202 Å². The molecule has 0 amide bonds. The smallest absolute Gasteiger partial charge is 0.693 e. The zero-order valence-corrected chi connectivity index (χ0v) is 52.7. The van der Waals surface area contributed by atoms with Gasteiger partial charge in [-0.05, 0) is 73.6 Å². The van der Waals surface area contributed by atoms with Crippen molar-refractivity contribution in [2.45, 2.75) is 244 Å². The summed E-state index contributed by atoms with van der Waals surface area (Å²) in [6.45, 7) is 48.8. The Hall–Kier alpha value is -0.0234. The monoisotopic (exact) mass is 1330 g/mol. The molecule has 7 aliphatic rings. The maximum absolute atomic E-state index is 6.81. The van der Waals surface area contributed by atoms with Crippen LogP contribution in [0.15, 0.2) is 23.4 Å². The van der Waals surface area contributed by atoms with E-state index in [1.165, 1.54) is 69.1 Å². The van der Waals surface area contributed by atoms with E-state index in [2.05, 4.69) is 148 Å². The molecule has 0 bridgehead atoms. The molecular weight excluding hydrogens is 1220 g/mol. The average Bonchev–Trinajstić information content (AvgIpc) is 3.28. The second kappa shape index (κ2) is 26.8. The van der Waals surface area contributed by atoms with Gasteiger partial charge >= 0.3 is 21.1 Å². The Morgan fingerprint density at radius 1 is 0.457 bits per heavy atom. The topological polar surface area (TPSA) is 98.7 Å². The maximum Gasteiger partial charge on any atom is 2.00 e.